The van der Waals surface area contributed by atoms with E-state index in [0.717, 1.165) is 10.0 Å². The monoisotopic (exact) mass is 327 g/mol. The van der Waals surface area contributed by atoms with Gasteiger partial charge in [0.05, 0.1) is 0 Å². The molecule has 0 aliphatic carbocycles. The Kier molecular flexibility index (Phi) is 4.54. The molecule has 18 heavy (non-hydrogen) atoms. The molecule has 1 nitrogen and oxygen atoms in total. The first-order valence-corrected chi connectivity index (χ1v) is 7.41. The van der Waals surface area contributed by atoms with Crippen molar-refractivity contribution in [3.63, 3.8) is 0 Å². The normalized spacial score (nSPS) is 12.7. The summed E-state index contributed by atoms with van der Waals surface area (Å²) in [6.07, 6.45) is 0. The van der Waals surface area contributed by atoms with Crippen molar-refractivity contribution in [2.45, 2.75) is 26.4 Å². The maximum atomic E-state index is 13.2. The minimum absolute atomic E-state index is 0.199. The number of aryl methyl sites for hydroxylation is 1. The van der Waals surface area contributed by atoms with Crippen LogP contribution in [0.4, 0.5) is 4.39 Å². The van der Waals surface area contributed by atoms with Crippen LogP contribution in [0.3, 0.4) is 0 Å². The van der Waals surface area contributed by atoms with Crippen LogP contribution in [-0.2, 0) is 6.54 Å². The molecule has 0 saturated heterocycles. The molecule has 0 fully saturated rings. The maximum absolute atomic E-state index is 13.2. The zero-order valence-corrected chi connectivity index (χ0v) is 12.7. The molecule has 96 valence electrons. The fourth-order valence-corrected chi connectivity index (χ4v) is 3.02. The molecule has 0 aliphatic heterocycles. The number of halogens is 2. The van der Waals surface area contributed by atoms with E-state index in [2.05, 4.69) is 47.2 Å². The molecule has 1 atom stereocenters. The van der Waals surface area contributed by atoms with Gasteiger partial charge in [0.15, 0.2) is 0 Å². The minimum atomic E-state index is -0.199. The summed E-state index contributed by atoms with van der Waals surface area (Å²) >= 11 is 5.23. The molecule has 1 aromatic carbocycles. The lowest BCUT2D eigenvalue weighted by atomic mass is 10.2. The SMILES string of the molecule is Cc1ccc(C(C)NCc2cc(F)ccc2Br)s1. The van der Waals surface area contributed by atoms with Crippen molar-refractivity contribution in [2.75, 3.05) is 0 Å². The Morgan fingerprint density at radius 1 is 1.33 bits per heavy atom. The first kappa shape index (κ1) is 13.7. The van der Waals surface area contributed by atoms with Crippen LogP contribution in [0.2, 0.25) is 0 Å². The van der Waals surface area contributed by atoms with Crippen LogP contribution in [0.1, 0.15) is 28.3 Å². The summed E-state index contributed by atoms with van der Waals surface area (Å²) in [4.78, 5) is 2.62. The van der Waals surface area contributed by atoms with E-state index in [9.17, 15) is 4.39 Å². The Hall–Kier alpha value is -0.710. The van der Waals surface area contributed by atoms with Crippen LogP contribution in [0.5, 0.6) is 0 Å². The van der Waals surface area contributed by atoms with E-state index in [-0.39, 0.29) is 11.9 Å². The molecule has 1 aromatic heterocycles. The summed E-state index contributed by atoms with van der Waals surface area (Å²) in [6, 6.07) is 9.29. The molecular formula is C14H15BrFNS. The standard InChI is InChI=1S/C14H15BrFNS/c1-9-3-6-14(18-9)10(2)17-8-11-7-12(16)4-5-13(11)15/h3-7,10,17H,8H2,1-2H3. The molecule has 1 heterocycles. The Morgan fingerprint density at radius 3 is 2.78 bits per heavy atom. The molecule has 4 heteroatoms. The highest BCUT2D eigenvalue weighted by molar-refractivity contribution is 9.10. The van der Waals surface area contributed by atoms with Crippen LogP contribution in [0.25, 0.3) is 0 Å². The molecule has 0 aliphatic rings. The number of hydrogen-bond acceptors (Lipinski definition) is 2. The first-order chi connectivity index (χ1) is 8.56. The number of nitrogens with one attached hydrogen (secondary N) is 1. The molecule has 0 amide bonds. The Labute approximate surface area is 119 Å². The van der Waals surface area contributed by atoms with E-state index < -0.39 is 0 Å². The predicted molar refractivity (Wildman–Crippen MR) is 78.4 cm³/mol. The lowest BCUT2D eigenvalue weighted by Gasteiger charge is -2.13. The summed E-state index contributed by atoms with van der Waals surface area (Å²) < 4.78 is 14.1. The quantitative estimate of drug-likeness (QED) is 0.849. The van der Waals surface area contributed by atoms with Gasteiger partial charge in [-0.25, -0.2) is 4.39 Å². The predicted octanol–water partition coefficient (Wildman–Crippen LogP) is 4.81. The molecule has 0 radical (unpaired) electrons. The topological polar surface area (TPSA) is 12.0 Å². The molecule has 0 saturated carbocycles. The summed E-state index contributed by atoms with van der Waals surface area (Å²) in [5.41, 5.74) is 0.940. The number of benzene rings is 1. The van der Waals surface area contributed by atoms with Gasteiger partial charge >= 0.3 is 0 Å². The lowest BCUT2D eigenvalue weighted by Crippen LogP contribution is -2.17. The van der Waals surface area contributed by atoms with E-state index in [4.69, 9.17) is 0 Å². The summed E-state index contributed by atoms with van der Waals surface area (Å²) in [5, 5.41) is 3.41. The van der Waals surface area contributed by atoms with Crippen LogP contribution in [0.15, 0.2) is 34.8 Å². The molecule has 2 aromatic rings. The highest BCUT2D eigenvalue weighted by Gasteiger charge is 2.08. The largest absolute Gasteiger partial charge is 0.305 e. The Bertz CT molecular complexity index is 538. The van der Waals surface area contributed by atoms with Crippen molar-refractivity contribution in [2.24, 2.45) is 0 Å². The summed E-state index contributed by atoms with van der Waals surface area (Å²) in [5.74, 6) is -0.199. The van der Waals surface area contributed by atoms with E-state index in [1.54, 1.807) is 23.5 Å². The van der Waals surface area contributed by atoms with Gasteiger partial charge in [-0.15, -0.1) is 11.3 Å². The van der Waals surface area contributed by atoms with Gasteiger partial charge in [0.25, 0.3) is 0 Å². The minimum Gasteiger partial charge on any atom is -0.305 e. The van der Waals surface area contributed by atoms with Crippen molar-refractivity contribution >= 4 is 27.3 Å². The van der Waals surface area contributed by atoms with Crippen LogP contribution in [-0.4, -0.2) is 0 Å². The van der Waals surface area contributed by atoms with Gasteiger partial charge in [-0.3, -0.25) is 0 Å². The van der Waals surface area contributed by atoms with E-state index in [0.29, 0.717) is 6.54 Å². The average Bonchev–Trinajstić information content (AvgIpc) is 2.77. The van der Waals surface area contributed by atoms with Crippen LogP contribution >= 0.6 is 27.3 Å². The van der Waals surface area contributed by atoms with Crippen molar-refractivity contribution in [1.29, 1.82) is 0 Å². The summed E-state index contributed by atoms with van der Waals surface area (Å²) in [6.45, 7) is 4.87. The average molecular weight is 328 g/mol. The van der Waals surface area contributed by atoms with Gasteiger partial charge < -0.3 is 5.32 Å². The molecule has 0 spiro atoms. The van der Waals surface area contributed by atoms with Gasteiger partial charge in [-0.05, 0) is 49.7 Å². The van der Waals surface area contributed by atoms with E-state index in [1.165, 1.54) is 15.8 Å². The number of hydrogen-bond donors (Lipinski definition) is 1. The second-order valence-corrected chi connectivity index (χ2v) is 6.46. The Balaban J connectivity index is 2.01. The van der Waals surface area contributed by atoms with Crippen LogP contribution in [0, 0.1) is 12.7 Å². The van der Waals surface area contributed by atoms with Crippen molar-refractivity contribution < 1.29 is 4.39 Å². The zero-order valence-electron chi connectivity index (χ0n) is 10.3. The maximum Gasteiger partial charge on any atom is 0.123 e. The van der Waals surface area contributed by atoms with Crippen LogP contribution < -0.4 is 5.32 Å². The highest BCUT2D eigenvalue weighted by atomic mass is 79.9. The molecule has 2 rings (SSSR count). The fraction of sp³-hybridized carbons (Fsp3) is 0.286. The smallest absolute Gasteiger partial charge is 0.123 e. The molecule has 1 unspecified atom stereocenters. The van der Waals surface area contributed by atoms with Crippen molar-refractivity contribution in [3.05, 3.63) is 55.9 Å². The highest BCUT2D eigenvalue weighted by Crippen LogP contribution is 2.24. The number of thiophene rings is 1. The zero-order chi connectivity index (χ0) is 13.1. The van der Waals surface area contributed by atoms with Crippen molar-refractivity contribution in [1.82, 2.24) is 5.32 Å². The Morgan fingerprint density at radius 2 is 2.11 bits per heavy atom. The van der Waals surface area contributed by atoms with E-state index >= 15 is 0 Å². The second kappa shape index (κ2) is 5.95. The summed E-state index contributed by atoms with van der Waals surface area (Å²) in [7, 11) is 0. The van der Waals surface area contributed by atoms with Crippen molar-refractivity contribution in [3.8, 4) is 0 Å². The molecular weight excluding hydrogens is 313 g/mol. The van der Waals surface area contributed by atoms with E-state index in [1.807, 2.05) is 0 Å². The number of rotatable bonds is 4. The van der Waals surface area contributed by atoms with Gasteiger partial charge in [0.1, 0.15) is 5.82 Å². The molecule has 0 bridgehead atoms. The first-order valence-electron chi connectivity index (χ1n) is 5.80. The molecule has 1 N–H and O–H groups in total. The third-order valence-corrected chi connectivity index (χ3v) is 4.75. The van der Waals surface area contributed by atoms with Gasteiger partial charge in [-0.2, -0.15) is 0 Å². The second-order valence-electron chi connectivity index (χ2n) is 4.29. The fourth-order valence-electron chi connectivity index (χ4n) is 1.73. The third kappa shape index (κ3) is 3.40. The van der Waals surface area contributed by atoms with Gasteiger partial charge in [0, 0.05) is 26.8 Å². The van der Waals surface area contributed by atoms with Gasteiger partial charge in [0.2, 0.25) is 0 Å². The third-order valence-electron chi connectivity index (χ3n) is 2.79. The lowest BCUT2D eigenvalue weighted by molar-refractivity contribution is 0.575. The van der Waals surface area contributed by atoms with Gasteiger partial charge in [-0.1, -0.05) is 15.9 Å².